The summed E-state index contributed by atoms with van der Waals surface area (Å²) >= 11 is 0. The smallest absolute Gasteiger partial charge is 0.412 e. The van der Waals surface area contributed by atoms with Crippen molar-refractivity contribution in [1.82, 2.24) is 10.6 Å². The molecule has 14 heteroatoms. The second kappa shape index (κ2) is 17.9. The van der Waals surface area contributed by atoms with E-state index in [1.165, 1.54) is 44.6 Å². The molecule has 6 N–H and O–H groups in total. The molecule has 0 aliphatic heterocycles. The number of ether oxygens (including phenoxy) is 4. The zero-order valence-corrected chi connectivity index (χ0v) is 28.2. The number of amides is 5. The third kappa shape index (κ3) is 12.4. The lowest BCUT2D eigenvalue weighted by Gasteiger charge is -2.21. The van der Waals surface area contributed by atoms with Crippen LogP contribution in [0.3, 0.4) is 0 Å². The minimum atomic E-state index is -1.07. The Labute approximate surface area is 285 Å². The number of benzene rings is 3. The van der Waals surface area contributed by atoms with Crippen molar-refractivity contribution >= 4 is 41.3 Å². The monoisotopic (exact) mass is 677 g/mol. The molecule has 0 fully saturated rings. The van der Waals surface area contributed by atoms with Crippen LogP contribution in [0.15, 0.2) is 66.7 Å². The van der Waals surface area contributed by atoms with Gasteiger partial charge >= 0.3 is 12.2 Å². The van der Waals surface area contributed by atoms with Crippen LogP contribution in [0, 0.1) is 0 Å². The van der Waals surface area contributed by atoms with Crippen LogP contribution in [0.2, 0.25) is 0 Å². The average Bonchev–Trinajstić information content (AvgIpc) is 3.06. The molecule has 0 heterocycles. The lowest BCUT2D eigenvalue weighted by atomic mass is 10.1. The van der Waals surface area contributed by atoms with Crippen LogP contribution in [0.4, 0.5) is 21.0 Å². The summed E-state index contributed by atoms with van der Waals surface area (Å²) in [6, 6.07) is 17.0. The van der Waals surface area contributed by atoms with Gasteiger partial charge in [-0.25, -0.2) is 9.59 Å². The summed E-state index contributed by atoms with van der Waals surface area (Å²) in [7, 11) is 2.77. The van der Waals surface area contributed by atoms with Crippen molar-refractivity contribution in [2.45, 2.75) is 58.3 Å². The summed E-state index contributed by atoms with van der Waals surface area (Å²) in [5, 5.41) is 10.7. The lowest BCUT2D eigenvalue weighted by molar-refractivity contribution is -0.118. The number of carbonyl (C=O) groups is 5. The van der Waals surface area contributed by atoms with Gasteiger partial charge in [-0.15, -0.1) is 0 Å². The van der Waals surface area contributed by atoms with Gasteiger partial charge in [0.15, 0.2) is 0 Å². The molecular formula is C35H43N5O9. The highest BCUT2D eigenvalue weighted by Gasteiger charge is 2.25. The molecule has 5 amide bonds. The van der Waals surface area contributed by atoms with E-state index in [1.54, 1.807) is 26.8 Å². The highest BCUT2D eigenvalue weighted by atomic mass is 16.6. The number of rotatable bonds is 15. The van der Waals surface area contributed by atoms with Crippen molar-refractivity contribution in [2.24, 2.45) is 5.73 Å². The SMILES string of the molecule is COc1ccc(NC(=O)[C@H](CCCCNC(=O)OCc2ccccc2)NC(=O)c2cc(NC(=O)OC(C)(C)C)ccc2OC)cc1C(N)=O. The Kier molecular flexibility index (Phi) is 13.8. The van der Waals surface area contributed by atoms with Crippen LogP contribution >= 0.6 is 0 Å². The first kappa shape index (κ1) is 37.7. The van der Waals surface area contributed by atoms with Crippen molar-refractivity contribution in [3.05, 3.63) is 83.4 Å². The Morgan fingerprint density at radius 3 is 2.00 bits per heavy atom. The van der Waals surface area contributed by atoms with Crippen LogP contribution in [0.5, 0.6) is 11.5 Å². The third-order valence-corrected chi connectivity index (χ3v) is 6.85. The molecular weight excluding hydrogens is 634 g/mol. The normalized spacial score (nSPS) is 11.4. The quantitative estimate of drug-likeness (QED) is 0.138. The molecule has 0 saturated carbocycles. The maximum atomic E-state index is 13.6. The average molecular weight is 678 g/mol. The summed E-state index contributed by atoms with van der Waals surface area (Å²) in [6.07, 6.45) is -0.233. The number of alkyl carbamates (subject to hydrolysis) is 1. The molecule has 0 saturated heterocycles. The van der Waals surface area contributed by atoms with Crippen molar-refractivity contribution in [1.29, 1.82) is 0 Å². The molecule has 0 unspecified atom stereocenters. The third-order valence-electron chi connectivity index (χ3n) is 6.85. The maximum absolute atomic E-state index is 13.6. The number of anilines is 2. The fourth-order valence-electron chi connectivity index (χ4n) is 4.54. The molecule has 14 nitrogen and oxygen atoms in total. The van der Waals surface area contributed by atoms with Gasteiger partial charge in [-0.3, -0.25) is 19.7 Å². The fourth-order valence-corrected chi connectivity index (χ4v) is 4.54. The molecule has 3 aromatic rings. The van der Waals surface area contributed by atoms with Crippen LogP contribution in [-0.4, -0.2) is 62.3 Å². The number of primary amides is 1. The highest BCUT2D eigenvalue weighted by molar-refractivity contribution is 6.04. The number of hydrogen-bond donors (Lipinski definition) is 5. The minimum Gasteiger partial charge on any atom is -0.496 e. The van der Waals surface area contributed by atoms with Gasteiger partial charge in [-0.2, -0.15) is 0 Å². The highest BCUT2D eigenvalue weighted by Crippen LogP contribution is 2.25. The lowest BCUT2D eigenvalue weighted by Crippen LogP contribution is -2.44. The molecule has 0 aliphatic rings. The van der Waals surface area contributed by atoms with Crippen molar-refractivity contribution in [3.8, 4) is 11.5 Å². The molecule has 0 radical (unpaired) electrons. The van der Waals surface area contributed by atoms with Crippen LogP contribution < -0.4 is 36.5 Å². The van der Waals surface area contributed by atoms with Gasteiger partial charge in [-0.05, 0) is 82.0 Å². The van der Waals surface area contributed by atoms with Gasteiger partial charge in [0.1, 0.15) is 29.7 Å². The van der Waals surface area contributed by atoms with E-state index < -0.39 is 41.6 Å². The molecule has 0 bridgehead atoms. The predicted octanol–water partition coefficient (Wildman–Crippen LogP) is 4.98. The zero-order valence-electron chi connectivity index (χ0n) is 28.2. The first-order chi connectivity index (χ1) is 23.3. The van der Waals surface area contributed by atoms with E-state index in [-0.39, 0.29) is 53.6 Å². The first-order valence-corrected chi connectivity index (χ1v) is 15.5. The Morgan fingerprint density at radius 1 is 0.776 bits per heavy atom. The molecule has 1 atom stereocenters. The van der Waals surface area contributed by atoms with E-state index in [0.29, 0.717) is 12.8 Å². The van der Waals surface area contributed by atoms with Gasteiger partial charge < -0.3 is 40.6 Å². The van der Waals surface area contributed by atoms with Crippen molar-refractivity contribution < 1.29 is 42.9 Å². The standard InChI is InChI=1S/C35H43N5O9/c1-35(2,3)49-34(45)39-24-15-17-29(47-5)26(20-24)31(42)40-27(32(43)38-23-14-16-28(46-4)25(19-23)30(36)41)13-9-10-18-37-33(44)48-21-22-11-7-6-8-12-22/h6-8,11-12,14-17,19-20,27H,9-10,13,18,21H2,1-5H3,(H2,36,41)(H,37,44)(H,38,43)(H,39,45)(H,40,42)/t27-/m0/s1. The summed E-state index contributed by atoms with van der Waals surface area (Å²) < 4.78 is 21.1. The number of nitrogens with one attached hydrogen (secondary N) is 4. The van der Waals surface area contributed by atoms with Gasteiger partial charge in [0, 0.05) is 17.9 Å². The van der Waals surface area contributed by atoms with Gasteiger partial charge in [0.05, 0.1) is 25.3 Å². The number of carbonyl (C=O) groups excluding carboxylic acids is 5. The van der Waals surface area contributed by atoms with E-state index in [2.05, 4.69) is 21.3 Å². The summed E-state index contributed by atoms with van der Waals surface area (Å²) in [6.45, 7) is 5.56. The number of hydrogen-bond acceptors (Lipinski definition) is 9. The van der Waals surface area contributed by atoms with Gasteiger partial charge in [-0.1, -0.05) is 30.3 Å². The molecule has 0 aromatic heterocycles. The Balaban J connectivity index is 1.72. The molecule has 0 spiro atoms. The van der Waals surface area contributed by atoms with E-state index in [0.717, 1.165) is 5.56 Å². The fraction of sp³-hybridized carbons (Fsp3) is 0.343. The summed E-state index contributed by atoms with van der Waals surface area (Å²) in [4.78, 5) is 63.5. The second-order valence-electron chi connectivity index (χ2n) is 11.8. The van der Waals surface area contributed by atoms with E-state index in [4.69, 9.17) is 24.7 Å². The molecule has 3 aromatic carbocycles. The Hall–Kier alpha value is -5.79. The molecule has 0 aliphatic carbocycles. The van der Waals surface area contributed by atoms with E-state index >= 15 is 0 Å². The largest absolute Gasteiger partial charge is 0.496 e. The molecule has 49 heavy (non-hydrogen) atoms. The summed E-state index contributed by atoms with van der Waals surface area (Å²) in [5.74, 6) is -1.55. The van der Waals surface area contributed by atoms with Gasteiger partial charge in [0.25, 0.3) is 11.8 Å². The minimum absolute atomic E-state index is 0.0529. The first-order valence-electron chi connectivity index (χ1n) is 15.5. The van der Waals surface area contributed by atoms with Crippen molar-refractivity contribution in [2.75, 3.05) is 31.4 Å². The van der Waals surface area contributed by atoms with E-state index in [1.807, 2.05) is 30.3 Å². The predicted molar refractivity (Wildman–Crippen MR) is 183 cm³/mol. The zero-order chi connectivity index (χ0) is 36.0. The number of unbranched alkanes of at least 4 members (excludes halogenated alkanes) is 1. The molecule has 3 rings (SSSR count). The second-order valence-corrected chi connectivity index (χ2v) is 11.8. The number of nitrogens with two attached hydrogens (primary N) is 1. The summed E-state index contributed by atoms with van der Waals surface area (Å²) in [5.41, 5.74) is 6.22. The Morgan fingerprint density at radius 2 is 1.39 bits per heavy atom. The topological polar surface area (TPSA) is 196 Å². The molecule has 262 valence electrons. The van der Waals surface area contributed by atoms with Crippen LogP contribution in [0.1, 0.15) is 66.3 Å². The van der Waals surface area contributed by atoms with Gasteiger partial charge in [0.2, 0.25) is 5.91 Å². The van der Waals surface area contributed by atoms with Crippen LogP contribution in [-0.2, 0) is 20.9 Å². The van der Waals surface area contributed by atoms with Crippen LogP contribution in [0.25, 0.3) is 0 Å². The maximum Gasteiger partial charge on any atom is 0.412 e. The number of methoxy groups -OCH3 is 2. The Bertz CT molecular complexity index is 1620. The van der Waals surface area contributed by atoms with E-state index in [9.17, 15) is 24.0 Å². The van der Waals surface area contributed by atoms with Crippen molar-refractivity contribution in [3.63, 3.8) is 0 Å².